The first kappa shape index (κ1) is 20.1. The second-order valence-corrected chi connectivity index (χ2v) is 7.97. The van der Waals surface area contributed by atoms with E-state index in [2.05, 4.69) is 25.6 Å². The van der Waals surface area contributed by atoms with Gasteiger partial charge in [0.25, 0.3) is 5.91 Å². The van der Waals surface area contributed by atoms with Gasteiger partial charge in [-0.2, -0.15) is 0 Å². The first-order valence-electron chi connectivity index (χ1n) is 10.6. The molecule has 7 nitrogen and oxygen atoms in total. The Hall–Kier alpha value is -3.22. The fourth-order valence-corrected chi connectivity index (χ4v) is 4.14. The van der Waals surface area contributed by atoms with E-state index in [9.17, 15) is 9.59 Å². The molecule has 156 valence electrons. The third-order valence-corrected chi connectivity index (χ3v) is 5.70. The van der Waals surface area contributed by atoms with Crippen LogP contribution in [0.2, 0.25) is 0 Å². The summed E-state index contributed by atoms with van der Waals surface area (Å²) in [7, 11) is 0. The number of para-hydroxylation sites is 1. The van der Waals surface area contributed by atoms with Crippen molar-refractivity contribution in [1.29, 1.82) is 0 Å². The number of nitrogens with one attached hydrogen (secondary N) is 3. The lowest BCUT2D eigenvalue weighted by molar-refractivity contribution is -0.122. The minimum Gasteiger partial charge on any atom is -0.353 e. The fourth-order valence-electron chi connectivity index (χ4n) is 4.14. The van der Waals surface area contributed by atoms with E-state index in [0.717, 1.165) is 42.3 Å². The highest BCUT2D eigenvalue weighted by Gasteiger charge is 2.24. The number of hydrogen-bond donors (Lipinski definition) is 3. The average molecular weight is 406 g/mol. The van der Waals surface area contributed by atoms with Crippen LogP contribution < -0.4 is 10.6 Å². The molecule has 0 radical (unpaired) electrons. The first-order chi connectivity index (χ1) is 14.7. The Kier molecular flexibility index (Phi) is 6.37. The van der Waals surface area contributed by atoms with Crippen molar-refractivity contribution >= 4 is 22.7 Å². The number of aryl methyl sites for hydroxylation is 1. The van der Waals surface area contributed by atoms with Gasteiger partial charge in [-0.1, -0.05) is 24.6 Å². The van der Waals surface area contributed by atoms with Crippen LogP contribution >= 0.6 is 0 Å². The fraction of sp³-hybridized carbons (Fsp3) is 0.391. The number of H-pyrrole nitrogens is 1. The van der Waals surface area contributed by atoms with Gasteiger partial charge in [-0.25, -0.2) is 0 Å². The molecule has 0 bridgehead atoms. The van der Waals surface area contributed by atoms with Gasteiger partial charge in [-0.15, -0.1) is 0 Å². The molecule has 0 saturated heterocycles. The number of hydrogen-bond acceptors (Lipinski definition) is 4. The summed E-state index contributed by atoms with van der Waals surface area (Å²) in [6.07, 6.45) is 9.98. The van der Waals surface area contributed by atoms with E-state index in [-0.39, 0.29) is 17.9 Å². The minimum atomic E-state index is -0.0821. The smallest absolute Gasteiger partial charge is 0.267 e. The zero-order valence-electron chi connectivity index (χ0n) is 16.9. The standard InChI is InChI=1S/C23H27N5O2/c29-22(9-8-19-15-24-10-11-25-19)27-18-6-3-4-16(12-18)14-26-23(30)21-13-17-5-1-2-7-20(17)28-21/h1-2,5,7,10-11,13,15-16,18,28H,3-4,6,8-9,12,14H2,(H,26,30)(H,27,29)/t16-,18+/m1/s1. The predicted octanol–water partition coefficient (Wildman–Crippen LogP) is 3.00. The predicted molar refractivity (Wildman–Crippen MR) is 115 cm³/mol. The summed E-state index contributed by atoms with van der Waals surface area (Å²) in [6, 6.07) is 9.91. The third kappa shape index (κ3) is 5.23. The maximum atomic E-state index is 12.5. The highest BCUT2D eigenvalue weighted by molar-refractivity contribution is 5.97. The first-order valence-corrected chi connectivity index (χ1v) is 10.6. The maximum absolute atomic E-state index is 12.5. The van der Waals surface area contributed by atoms with Crippen LogP contribution in [-0.2, 0) is 11.2 Å². The van der Waals surface area contributed by atoms with E-state index in [4.69, 9.17) is 0 Å². The lowest BCUT2D eigenvalue weighted by Crippen LogP contribution is -2.41. The van der Waals surface area contributed by atoms with Gasteiger partial charge in [0.2, 0.25) is 5.91 Å². The van der Waals surface area contributed by atoms with Crippen LogP contribution in [0.3, 0.4) is 0 Å². The molecule has 1 aliphatic rings. The summed E-state index contributed by atoms with van der Waals surface area (Å²) in [4.78, 5) is 36.2. The number of carbonyl (C=O) groups excluding carboxylic acids is 2. The van der Waals surface area contributed by atoms with E-state index >= 15 is 0 Å². The summed E-state index contributed by atoms with van der Waals surface area (Å²) in [6.45, 7) is 0.625. The number of aromatic nitrogens is 3. The van der Waals surface area contributed by atoms with Crippen molar-refractivity contribution in [2.75, 3.05) is 6.54 Å². The van der Waals surface area contributed by atoms with Crippen LogP contribution in [0.1, 0.15) is 48.3 Å². The Labute approximate surface area is 175 Å². The Morgan fingerprint density at radius 3 is 2.90 bits per heavy atom. The van der Waals surface area contributed by atoms with E-state index < -0.39 is 0 Å². The van der Waals surface area contributed by atoms with Crippen molar-refractivity contribution in [3.05, 3.63) is 60.3 Å². The molecule has 0 unspecified atom stereocenters. The van der Waals surface area contributed by atoms with Gasteiger partial charge in [-0.05, 0) is 43.7 Å². The molecule has 2 heterocycles. The zero-order valence-corrected chi connectivity index (χ0v) is 16.9. The molecule has 2 amide bonds. The van der Waals surface area contributed by atoms with Crippen LogP contribution in [-0.4, -0.2) is 39.4 Å². The average Bonchev–Trinajstić information content (AvgIpc) is 3.21. The van der Waals surface area contributed by atoms with Gasteiger partial charge >= 0.3 is 0 Å². The molecule has 3 aromatic rings. The van der Waals surface area contributed by atoms with E-state index in [1.165, 1.54) is 0 Å². The summed E-state index contributed by atoms with van der Waals surface area (Å²) < 4.78 is 0. The molecule has 30 heavy (non-hydrogen) atoms. The molecule has 7 heteroatoms. The minimum absolute atomic E-state index is 0.0495. The van der Waals surface area contributed by atoms with E-state index in [1.54, 1.807) is 18.6 Å². The second-order valence-electron chi connectivity index (χ2n) is 7.97. The SMILES string of the molecule is O=C(CCc1cnccn1)N[C@H]1CCC[C@@H](CNC(=O)c2cc3ccccc3[nH]2)C1. The Morgan fingerprint density at radius 1 is 1.17 bits per heavy atom. The van der Waals surface area contributed by atoms with Crippen molar-refractivity contribution in [3.63, 3.8) is 0 Å². The number of nitrogens with zero attached hydrogens (tertiary/aromatic N) is 2. The van der Waals surface area contributed by atoms with Crippen LogP contribution in [0.25, 0.3) is 10.9 Å². The number of fused-ring (bicyclic) bond motifs is 1. The Balaban J connectivity index is 1.22. The maximum Gasteiger partial charge on any atom is 0.267 e. The summed E-state index contributed by atoms with van der Waals surface area (Å²) in [5.74, 6) is 0.340. The van der Waals surface area contributed by atoms with Gasteiger partial charge in [0, 0.05) is 48.5 Å². The molecule has 1 fully saturated rings. The monoisotopic (exact) mass is 405 g/mol. The molecule has 0 spiro atoms. The molecule has 1 aliphatic carbocycles. The molecule has 3 N–H and O–H groups in total. The van der Waals surface area contributed by atoms with Crippen LogP contribution in [0.15, 0.2) is 48.9 Å². The molecular formula is C23H27N5O2. The lowest BCUT2D eigenvalue weighted by Gasteiger charge is -2.30. The van der Waals surface area contributed by atoms with Gasteiger partial charge in [0.1, 0.15) is 5.69 Å². The number of amides is 2. The third-order valence-electron chi connectivity index (χ3n) is 5.70. The van der Waals surface area contributed by atoms with Crippen molar-refractivity contribution in [3.8, 4) is 0 Å². The number of aromatic amines is 1. The van der Waals surface area contributed by atoms with E-state index in [1.807, 2.05) is 30.3 Å². The Morgan fingerprint density at radius 2 is 2.07 bits per heavy atom. The summed E-state index contributed by atoms with van der Waals surface area (Å²) >= 11 is 0. The van der Waals surface area contributed by atoms with Gasteiger partial charge in [0.15, 0.2) is 0 Å². The number of rotatable bonds is 7. The van der Waals surface area contributed by atoms with Crippen molar-refractivity contribution in [1.82, 2.24) is 25.6 Å². The number of carbonyl (C=O) groups is 2. The molecular weight excluding hydrogens is 378 g/mol. The lowest BCUT2D eigenvalue weighted by atomic mass is 9.85. The molecule has 2 atom stereocenters. The molecule has 4 rings (SSSR count). The highest BCUT2D eigenvalue weighted by atomic mass is 16.2. The summed E-state index contributed by atoms with van der Waals surface area (Å²) in [5.41, 5.74) is 2.37. The largest absolute Gasteiger partial charge is 0.353 e. The molecule has 1 aromatic carbocycles. The van der Waals surface area contributed by atoms with Gasteiger partial charge in [-0.3, -0.25) is 19.6 Å². The summed E-state index contributed by atoms with van der Waals surface area (Å²) in [5, 5.41) is 7.23. The van der Waals surface area contributed by atoms with Gasteiger partial charge < -0.3 is 15.6 Å². The molecule has 0 aliphatic heterocycles. The molecule has 2 aromatic heterocycles. The van der Waals surface area contributed by atoms with Crippen LogP contribution in [0.4, 0.5) is 0 Å². The van der Waals surface area contributed by atoms with Gasteiger partial charge in [0.05, 0.1) is 5.69 Å². The van der Waals surface area contributed by atoms with Crippen molar-refractivity contribution in [2.24, 2.45) is 5.92 Å². The number of benzene rings is 1. The quantitative estimate of drug-likeness (QED) is 0.563. The second kappa shape index (κ2) is 9.52. The van der Waals surface area contributed by atoms with Crippen molar-refractivity contribution < 1.29 is 9.59 Å². The highest BCUT2D eigenvalue weighted by Crippen LogP contribution is 2.24. The van der Waals surface area contributed by atoms with Crippen LogP contribution in [0.5, 0.6) is 0 Å². The normalized spacial score (nSPS) is 18.8. The molecule has 1 saturated carbocycles. The Bertz CT molecular complexity index is 968. The van der Waals surface area contributed by atoms with Crippen LogP contribution in [0, 0.1) is 5.92 Å². The van der Waals surface area contributed by atoms with E-state index in [0.29, 0.717) is 31.0 Å². The zero-order chi connectivity index (χ0) is 20.8. The van der Waals surface area contributed by atoms with Crippen molar-refractivity contribution in [2.45, 2.75) is 44.6 Å². The topological polar surface area (TPSA) is 99.8 Å².